The van der Waals surface area contributed by atoms with Crippen LogP contribution in [0.2, 0.25) is 0 Å². The monoisotopic (exact) mass is 343 g/mol. The molecule has 2 aromatic heterocycles. The van der Waals surface area contributed by atoms with E-state index in [1.807, 2.05) is 12.1 Å². The number of aromatic nitrogens is 2. The quantitative estimate of drug-likeness (QED) is 0.480. The predicted octanol–water partition coefficient (Wildman–Crippen LogP) is 5.65. The van der Waals surface area contributed by atoms with Gasteiger partial charge in [0.15, 0.2) is 0 Å². The smallest absolute Gasteiger partial charge is 0.124 e. The number of thiazole rings is 1. The molecule has 0 amide bonds. The molecule has 4 aromatic rings. The minimum absolute atomic E-state index is 0.504. The number of nitrogens with zero attached hydrogens (tertiary/aromatic N) is 3. The first kappa shape index (κ1) is 15.6. The van der Waals surface area contributed by atoms with Gasteiger partial charge in [-0.05, 0) is 19.1 Å². The van der Waals surface area contributed by atoms with Crippen LogP contribution in [0.25, 0.3) is 32.7 Å². The van der Waals surface area contributed by atoms with E-state index in [-0.39, 0.29) is 0 Å². The summed E-state index contributed by atoms with van der Waals surface area (Å²) in [5, 5.41) is 13.2. The first-order chi connectivity index (χ1) is 12.3. The van der Waals surface area contributed by atoms with Gasteiger partial charge in [0.1, 0.15) is 5.01 Å². The number of rotatable bonds is 4. The van der Waals surface area contributed by atoms with Crippen LogP contribution in [-0.4, -0.2) is 9.55 Å². The predicted molar refractivity (Wildman–Crippen MR) is 103 cm³/mol. The maximum atomic E-state index is 8.90. The second kappa shape index (κ2) is 6.54. The van der Waals surface area contributed by atoms with Crippen LogP contribution in [0.5, 0.6) is 0 Å². The van der Waals surface area contributed by atoms with Crippen molar-refractivity contribution in [3.05, 3.63) is 65.7 Å². The summed E-state index contributed by atoms with van der Waals surface area (Å²) < 4.78 is 2.15. The highest BCUT2D eigenvalue weighted by Gasteiger charge is 2.13. The molecule has 4 heteroatoms. The fraction of sp³-hybridized carbons (Fsp3) is 0.143. The molecule has 0 aliphatic heterocycles. The fourth-order valence-electron chi connectivity index (χ4n) is 3.11. The zero-order valence-electron chi connectivity index (χ0n) is 13.9. The minimum Gasteiger partial charge on any atom is -0.346 e. The number of benzene rings is 2. The zero-order valence-corrected chi connectivity index (χ0v) is 14.8. The molecule has 0 saturated heterocycles. The van der Waals surface area contributed by atoms with Gasteiger partial charge in [-0.2, -0.15) is 5.26 Å². The molecule has 0 aliphatic carbocycles. The fourth-order valence-corrected chi connectivity index (χ4v) is 3.93. The van der Waals surface area contributed by atoms with Crippen molar-refractivity contribution in [2.45, 2.75) is 19.9 Å². The molecule has 122 valence electrons. The summed E-state index contributed by atoms with van der Waals surface area (Å²) in [6.07, 6.45) is 2.63. The van der Waals surface area contributed by atoms with Crippen LogP contribution in [0.3, 0.4) is 0 Å². The van der Waals surface area contributed by atoms with Crippen LogP contribution < -0.4 is 0 Å². The second-order valence-electron chi connectivity index (χ2n) is 6.07. The van der Waals surface area contributed by atoms with E-state index in [0.29, 0.717) is 13.0 Å². The largest absolute Gasteiger partial charge is 0.346 e. The summed E-state index contributed by atoms with van der Waals surface area (Å²) in [5.74, 6) is 0. The lowest BCUT2D eigenvalue weighted by Gasteiger charge is -2.00. The van der Waals surface area contributed by atoms with Crippen LogP contribution in [0.15, 0.2) is 60.1 Å². The summed E-state index contributed by atoms with van der Waals surface area (Å²) in [5.41, 5.74) is 5.67. The third kappa shape index (κ3) is 2.95. The average molecular weight is 343 g/mol. The van der Waals surface area contributed by atoms with E-state index in [2.05, 4.69) is 65.5 Å². The highest BCUT2D eigenvalue weighted by atomic mass is 32.1. The highest BCUT2D eigenvalue weighted by Crippen LogP contribution is 2.34. The van der Waals surface area contributed by atoms with E-state index in [1.165, 1.54) is 10.9 Å². The van der Waals surface area contributed by atoms with Gasteiger partial charge in [0.2, 0.25) is 0 Å². The van der Waals surface area contributed by atoms with Crippen molar-refractivity contribution < 1.29 is 0 Å². The SMILES string of the molecule is Cc1cccc(-c2nc(-c3cn(CCC#N)c4ccccc34)cs2)c1. The molecule has 3 nitrogen and oxygen atoms in total. The number of fused-ring (bicyclic) bond motifs is 1. The van der Waals surface area contributed by atoms with Gasteiger partial charge in [0.25, 0.3) is 0 Å². The topological polar surface area (TPSA) is 41.6 Å². The van der Waals surface area contributed by atoms with Crippen LogP contribution in [0.1, 0.15) is 12.0 Å². The van der Waals surface area contributed by atoms with Crippen molar-refractivity contribution in [2.75, 3.05) is 0 Å². The summed E-state index contributed by atoms with van der Waals surface area (Å²) >= 11 is 1.67. The molecule has 4 rings (SSSR count). The van der Waals surface area contributed by atoms with E-state index >= 15 is 0 Å². The van der Waals surface area contributed by atoms with Crippen molar-refractivity contribution >= 4 is 22.2 Å². The van der Waals surface area contributed by atoms with Gasteiger partial charge >= 0.3 is 0 Å². The van der Waals surface area contributed by atoms with E-state index < -0.39 is 0 Å². The van der Waals surface area contributed by atoms with E-state index in [4.69, 9.17) is 10.2 Å². The summed E-state index contributed by atoms with van der Waals surface area (Å²) in [4.78, 5) is 4.88. The Balaban J connectivity index is 1.79. The maximum absolute atomic E-state index is 8.90. The number of aryl methyl sites for hydroxylation is 2. The molecule has 0 unspecified atom stereocenters. The Morgan fingerprint density at radius 2 is 2.04 bits per heavy atom. The molecular weight excluding hydrogens is 326 g/mol. The summed E-state index contributed by atoms with van der Waals surface area (Å²) in [6, 6.07) is 19.0. The standard InChI is InChI=1S/C21H17N3S/c1-15-6-4-7-16(12-15)21-23-19(14-25-21)18-13-24(11-5-10-22)20-9-3-2-8-17(18)20/h2-4,6-9,12-14H,5,11H2,1H3. The van der Waals surface area contributed by atoms with Crippen molar-refractivity contribution in [3.63, 3.8) is 0 Å². The molecule has 25 heavy (non-hydrogen) atoms. The molecule has 2 aromatic carbocycles. The minimum atomic E-state index is 0.504. The summed E-state index contributed by atoms with van der Waals surface area (Å²) in [6.45, 7) is 2.80. The normalized spacial score (nSPS) is 10.9. The van der Waals surface area contributed by atoms with E-state index in [0.717, 1.165) is 27.3 Å². The van der Waals surface area contributed by atoms with Gasteiger partial charge in [0, 0.05) is 40.2 Å². The van der Waals surface area contributed by atoms with Gasteiger partial charge in [-0.15, -0.1) is 11.3 Å². The van der Waals surface area contributed by atoms with Gasteiger partial charge < -0.3 is 4.57 Å². The molecule has 0 radical (unpaired) electrons. The van der Waals surface area contributed by atoms with Crippen molar-refractivity contribution in [3.8, 4) is 27.9 Å². The lowest BCUT2D eigenvalue weighted by atomic mass is 10.1. The molecule has 0 spiro atoms. The Kier molecular flexibility index (Phi) is 4.09. The van der Waals surface area contributed by atoms with Gasteiger partial charge in [-0.3, -0.25) is 0 Å². The average Bonchev–Trinajstić information content (AvgIpc) is 3.25. The molecule has 0 atom stereocenters. The van der Waals surface area contributed by atoms with Crippen LogP contribution in [0, 0.1) is 18.3 Å². The van der Waals surface area contributed by atoms with E-state index in [9.17, 15) is 0 Å². The molecular formula is C21H17N3S. The molecule has 0 fully saturated rings. The third-order valence-electron chi connectivity index (χ3n) is 4.30. The molecule has 0 N–H and O–H groups in total. The molecule has 2 heterocycles. The Morgan fingerprint density at radius 3 is 2.88 bits per heavy atom. The van der Waals surface area contributed by atoms with Gasteiger partial charge in [-0.1, -0.05) is 42.0 Å². The van der Waals surface area contributed by atoms with E-state index in [1.54, 1.807) is 11.3 Å². The van der Waals surface area contributed by atoms with Crippen LogP contribution in [-0.2, 0) is 6.54 Å². The second-order valence-corrected chi connectivity index (χ2v) is 6.93. The van der Waals surface area contributed by atoms with Crippen LogP contribution in [0.4, 0.5) is 0 Å². The van der Waals surface area contributed by atoms with Crippen molar-refractivity contribution in [1.82, 2.24) is 9.55 Å². The Morgan fingerprint density at radius 1 is 1.16 bits per heavy atom. The van der Waals surface area contributed by atoms with Gasteiger partial charge in [0.05, 0.1) is 18.2 Å². The third-order valence-corrected chi connectivity index (χ3v) is 5.19. The van der Waals surface area contributed by atoms with Crippen LogP contribution >= 0.6 is 11.3 Å². The Labute approximate surface area is 150 Å². The molecule has 0 aliphatic rings. The van der Waals surface area contributed by atoms with Crippen molar-refractivity contribution in [1.29, 1.82) is 5.26 Å². The molecule has 0 saturated carbocycles. The van der Waals surface area contributed by atoms with Gasteiger partial charge in [-0.25, -0.2) is 4.98 Å². The first-order valence-corrected chi connectivity index (χ1v) is 9.12. The lowest BCUT2D eigenvalue weighted by Crippen LogP contribution is -1.94. The number of para-hydroxylation sites is 1. The zero-order chi connectivity index (χ0) is 17.2. The summed E-state index contributed by atoms with van der Waals surface area (Å²) in [7, 11) is 0. The lowest BCUT2D eigenvalue weighted by molar-refractivity contribution is 0.745. The molecule has 0 bridgehead atoms. The Hall–Kier alpha value is -2.90. The number of hydrogen-bond acceptors (Lipinski definition) is 3. The first-order valence-electron chi connectivity index (χ1n) is 8.24. The van der Waals surface area contributed by atoms with Crippen molar-refractivity contribution in [2.24, 2.45) is 0 Å². The highest BCUT2D eigenvalue weighted by molar-refractivity contribution is 7.13. The Bertz CT molecular complexity index is 1080. The maximum Gasteiger partial charge on any atom is 0.124 e. The number of hydrogen-bond donors (Lipinski definition) is 0. The number of nitriles is 1.